The van der Waals surface area contributed by atoms with Gasteiger partial charge in [-0.05, 0) is 50.9 Å². The van der Waals surface area contributed by atoms with Gasteiger partial charge in [0, 0.05) is 24.4 Å². The topological polar surface area (TPSA) is 58.2 Å². The molecule has 0 unspecified atom stereocenters. The minimum Gasteiger partial charge on any atom is -0.353 e. The van der Waals surface area contributed by atoms with Gasteiger partial charge in [-0.1, -0.05) is 12.8 Å². The first-order chi connectivity index (χ1) is 9.65. The van der Waals surface area contributed by atoms with E-state index in [0.29, 0.717) is 18.4 Å². The highest BCUT2D eigenvalue weighted by Crippen LogP contribution is 2.35. The molecule has 0 aromatic carbocycles. The SMILES string of the molecule is O=C(CC1CCCC1)NC1CCC2(CCC(=O)N2)CC1. The van der Waals surface area contributed by atoms with Crippen molar-refractivity contribution in [3.8, 4) is 0 Å². The Labute approximate surface area is 121 Å². The maximum absolute atomic E-state index is 12.1. The molecule has 1 saturated heterocycles. The second-order valence-electron chi connectivity index (χ2n) is 7.02. The molecule has 2 amide bonds. The van der Waals surface area contributed by atoms with Gasteiger partial charge in [-0.15, -0.1) is 0 Å². The fourth-order valence-corrected chi connectivity index (χ4v) is 4.23. The third-order valence-electron chi connectivity index (χ3n) is 5.49. The van der Waals surface area contributed by atoms with Crippen LogP contribution in [0.3, 0.4) is 0 Å². The second kappa shape index (κ2) is 5.74. The van der Waals surface area contributed by atoms with Crippen molar-refractivity contribution >= 4 is 11.8 Å². The molecule has 1 aliphatic heterocycles. The number of amides is 2. The summed E-state index contributed by atoms with van der Waals surface area (Å²) in [5.41, 5.74) is 0.0593. The summed E-state index contributed by atoms with van der Waals surface area (Å²) in [6.45, 7) is 0. The summed E-state index contributed by atoms with van der Waals surface area (Å²) in [5.74, 6) is 1.07. The molecule has 0 bridgehead atoms. The molecule has 1 spiro atoms. The van der Waals surface area contributed by atoms with Gasteiger partial charge in [0.1, 0.15) is 0 Å². The van der Waals surface area contributed by atoms with E-state index in [2.05, 4.69) is 10.6 Å². The highest BCUT2D eigenvalue weighted by atomic mass is 16.2. The smallest absolute Gasteiger partial charge is 0.220 e. The predicted octanol–water partition coefficient (Wildman–Crippen LogP) is 2.27. The van der Waals surface area contributed by atoms with E-state index < -0.39 is 0 Å². The molecule has 112 valence electrons. The van der Waals surface area contributed by atoms with Crippen molar-refractivity contribution in [2.45, 2.75) is 82.2 Å². The number of carbonyl (C=O) groups excluding carboxylic acids is 2. The van der Waals surface area contributed by atoms with Crippen LogP contribution in [0.15, 0.2) is 0 Å². The van der Waals surface area contributed by atoms with Crippen molar-refractivity contribution in [3.05, 3.63) is 0 Å². The van der Waals surface area contributed by atoms with Gasteiger partial charge >= 0.3 is 0 Å². The summed E-state index contributed by atoms with van der Waals surface area (Å²) in [6.07, 6.45) is 11.5. The van der Waals surface area contributed by atoms with E-state index in [-0.39, 0.29) is 17.4 Å². The maximum Gasteiger partial charge on any atom is 0.220 e. The van der Waals surface area contributed by atoms with Gasteiger partial charge < -0.3 is 10.6 Å². The Balaban J connectivity index is 1.42. The molecule has 2 saturated carbocycles. The van der Waals surface area contributed by atoms with Gasteiger partial charge in [-0.3, -0.25) is 9.59 Å². The first kappa shape index (κ1) is 13.9. The Bertz CT molecular complexity index is 380. The summed E-state index contributed by atoms with van der Waals surface area (Å²) in [6, 6.07) is 0.326. The Hall–Kier alpha value is -1.06. The molecule has 3 rings (SSSR count). The van der Waals surface area contributed by atoms with Crippen LogP contribution in [0.4, 0.5) is 0 Å². The molecule has 3 aliphatic rings. The molecule has 2 N–H and O–H groups in total. The van der Waals surface area contributed by atoms with Crippen LogP contribution in [-0.2, 0) is 9.59 Å². The van der Waals surface area contributed by atoms with Gasteiger partial charge in [0.25, 0.3) is 0 Å². The van der Waals surface area contributed by atoms with E-state index in [4.69, 9.17) is 0 Å². The molecular formula is C16H26N2O2. The van der Waals surface area contributed by atoms with E-state index >= 15 is 0 Å². The van der Waals surface area contributed by atoms with Crippen LogP contribution < -0.4 is 10.6 Å². The summed E-state index contributed by atoms with van der Waals surface area (Å²) < 4.78 is 0. The lowest BCUT2D eigenvalue weighted by Gasteiger charge is -2.37. The van der Waals surface area contributed by atoms with Crippen molar-refractivity contribution in [1.29, 1.82) is 0 Å². The molecular weight excluding hydrogens is 252 g/mol. The van der Waals surface area contributed by atoms with Crippen LogP contribution >= 0.6 is 0 Å². The minimum atomic E-state index is 0.0593. The molecule has 0 atom stereocenters. The monoisotopic (exact) mass is 278 g/mol. The molecule has 0 radical (unpaired) electrons. The van der Waals surface area contributed by atoms with Crippen molar-refractivity contribution < 1.29 is 9.59 Å². The first-order valence-electron chi connectivity index (χ1n) is 8.26. The molecule has 1 heterocycles. The second-order valence-corrected chi connectivity index (χ2v) is 7.02. The van der Waals surface area contributed by atoms with Crippen LogP contribution in [0.1, 0.15) is 70.6 Å². The van der Waals surface area contributed by atoms with Gasteiger partial charge in [0.2, 0.25) is 11.8 Å². The average molecular weight is 278 g/mol. The maximum atomic E-state index is 12.1. The lowest BCUT2D eigenvalue weighted by molar-refractivity contribution is -0.123. The van der Waals surface area contributed by atoms with Crippen LogP contribution in [-0.4, -0.2) is 23.4 Å². The van der Waals surface area contributed by atoms with Crippen LogP contribution in [0, 0.1) is 5.92 Å². The van der Waals surface area contributed by atoms with E-state index in [9.17, 15) is 9.59 Å². The van der Waals surface area contributed by atoms with Gasteiger partial charge in [-0.2, -0.15) is 0 Å². The fraction of sp³-hybridized carbons (Fsp3) is 0.875. The minimum absolute atomic E-state index is 0.0593. The summed E-state index contributed by atoms with van der Waals surface area (Å²) in [5, 5.41) is 6.36. The van der Waals surface area contributed by atoms with Crippen molar-refractivity contribution in [2.75, 3.05) is 0 Å². The summed E-state index contributed by atoms with van der Waals surface area (Å²) in [7, 11) is 0. The molecule has 0 aromatic rings. The first-order valence-corrected chi connectivity index (χ1v) is 8.26. The summed E-state index contributed by atoms with van der Waals surface area (Å²) in [4.78, 5) is 23.4. The fourth-order valence-electron chi connectivity index (χ4n) is 4.23. The predicted molar refractivity (Wildman–Crippen MR) is 77.1 cm³/mol. The van der Waals surface area contributed by atoms with E-state index in [1.165, 1.54) is 25.7 Å². The van der Waals surface area contributed by atoms with Crippen molar-refractivity contribution in [3.63, 3.8) is 0 Å². The summed E-state index contributed by atoms with van der Waals surface area (Å²) >= 11 is 0. The number of hydrogen-bond acceptors (Lipinski definition) is 2. The molecule has 20 heavy (non-hydrogen) atoms. The van der Waals surface area contributed by atoms with Crippen LogP contribution in [0.5, 0.6) is 0 Å². The number of hydrogen-bond donors (Lipinski definition) is 2. The molecule has 4 nitrogen and oxygen atoms in total. The van der Waals surface area contributed by atoms with Crippen molar-refractivity contribution in [1.82, 2.24) is 10.6 Å². The number of rotatable bonds is 3. The molecule has 0 aromatic heterocycles. The third-order valence-corrected chi connectivity index (χ3v) is 5.49. The van der Waals surface area contributed by atoms with Gasteiger partial charge in [0.05, 0.1) is 0 Å². The standard InChI is InChI=1S/C16H26N2O2/c19-14-7-10-16(18-14)8-5-13(6-9-16)17-15(20)11-12-3-1-2-4-12/h12-13H,1-11H2,(H,17,20)(H,18,19). The third kappa shape index (κ3) is 3.15. The quantitative estimate of drug-likeness (QED) is 0.832. The molecule has 2 aliphatic carbocycles. The zero-order valence-corrected chi connectivity index (χ0v) is 12.2. The average Bonchev–Trinajstić information content (AvgIpc) is 3.03. The highest BCUT2D eigenvalue weighted by molar-refractivity contribution is 5.79. The van der Waals surface area contributed by atoms with Crippen LogP contribution in [0.2, 0.25) is 0 Å². The highest BCUT2D eigenvalue weighted by Gasteiger charge is 2.40. The molecule has 3 fully saturated rings. The van der Waals surface area contributed by atoms with E-state index in [1.54, 1.807) is 0 Å². The van der Waals surface area contributed by atoms with E-state index in [0.717, 1.165) is 38.5 Å². The number of nitrogens with one attached hydrogen (secondary N) is 2. The lowest BCUT2D eigenvalue weighted by atomic mass is 9.78. The van der Waals surface area contributed by atoms with Gasteiger partial charge in [0.15, 0.2) is 0 Å². The lowest BCUT2D eigenvalue weighted by Crippen LogP contribution is -2.49. The van der Waals surface area contributed by atoms with Crippen LogP contribution in [0.25, 0.3) is 0 Å². The Morgan fingerprint density at radius 2 is 1.85 bits per heavy atom. The largest absolute Gasteiger partial charge is 0.353 e. The Morgan fingerprint density at radius 3 is 2.45 bits per heavy atom. The Morgan fingerprint density at radius 1 is 1.15 bits per heavy atom. The zero-order valence-electron chi connectivity index (χ0n) is 12.2. The molecule has 4 heteroatoms. The van der Waals surface area contributed by atoms with Crippen molar-refractivity contribution in [2.24, 2.45) is 5.92 Å². The van der Waals surface area contributed by atoms with Gasteiger partial charge in [-0.25, -0.2) is 0 Å². The zero-order chi connectivity index (χ0) is 14.0. The Kier molecular flexibility index (Phi) is 3.99. The normalized spacial score (nSPS) is 34.4. The number of carbonyl (C=O) groups is 2. The van der Waals surface area contributed by atoms with E-state index in [1.807, 2.05) is 0 Å².